The van der Waals surface area contributed by atoms with Gasteiger partial charge in [-0.2, -0.15) is 0 Å². The average Bonchev–Trinajstić information content (AvgIpc) is 3.08. The summed E-state index contributed by atoms with van der Waals surface area (Å²) < 4.78 is 0. The number of pyridine rings is 1. The second kappa shape index (κ2) is 5.17. The van der Waals surface area contributed by atoms with Crippen LogP contribution in [0.1, 0.15) is 45.2 Å². The molecule has 2 heteroatoms. The van der Waals surface area contributed by atoms with Crippen molar-refractivity contribution < 1.29 is 0 Å². The maximum absolute atomic E-state index is 4.24. The predicted molar refractivity (Wildman–Crippen MR) is 84.7 cm³/mol. The highest BCUT2D eigenvalue weighted by Gasteiger charge is 2.50. The molecule has 1 fully saturated rings. The molecule has 1 aliphatic carbocycles. The van der Waals surface area contributed by atoms with Crippen molar-refractivity contribution in [2.75, 3.05) is 6.54 Å². The Bertz CT molecular complexity index is 598. The second-order valence-corrected chi connectivity index (χ2v) is 6.68. The topological polar surface area (TPSA) is 24.9 Å². The molecular formula is C18H24N2. The van der Waals surface area contributed by atoms with Crippen molar-refractivity contribution in [1.29, 1.82) is 0 Å². The summed E-state index contributed by atoms with van der Waals surface area (Å²) in [6.45, 7) is 8.07. The highest BCUT2D eigenvalue weighted by molar-refractivity contribution is 5.85. The molecule has 0 bridgehead atoms. The van der Waals surface area contributed by atoms with Crippen LogP contribution >= 0.6 is 0 Å². The zero-order valence-corrected chi connectivity index (χ0v) is 12.7. The van der Waals surface area contributed by atoms with Gasteiger partial charge in [0.05, 0.1) is 0 Å². The molecule has 0 radical (unpaired) electrons. The normalized spacial score (nSPS) is 21.9. The van der Waals surface area contributed by atoms with E-state index in [-0.39, 0.29) is 0 Å². The molecule has 2 atom stereocenters. The van der Waals surface area contributed by atoms with Crippen molar-refractivity contribution in [2.24, 2.45) is 11.3 Å². The Morgan fingerprint density at radius 2 is 2.15 bits per heavy atom. The Kier molecular flexibility index (Phi) is 3.51. The van der Waals surface area contributed by atoms with Gasteiger partial charge in [0, 0.05) is 23.8 Å². The zero-order valence-electron chi connectivity index (χ0n) is 12.7. The van der Waals surface area contributed by atoms with Crippen LogP contribution in [0.3, 0.4) is 0 Å². The molecule has 1 N–H and O–H groups in total. The molecule has 1 heterocycles. The quantitative estimate of drug-likeness (QED) is 0.873. The Labute approximate surface area is 121 Å². The van der Waals surface area contributed by atoms with Crippen molar-refractivity contribution in [3.05, 3.63) is 42.2 Å². The summed E-state index contributed by atoms with van der Waals surface area (Å²) in [5.41, 5.74) is 1.91. The van der Waals surface area contributed by atoms with E-state index in [2.05, 4.69) is 55.3 Å². The van der Waals surface area contributed by atoms with Gasteiger partial charge in [0.15, 0.2) is 0 Å². The Morgan fingerprint density at radius 1 is 1.35 bits per heavy atom. The maximum atomic E-state index is 4.24. The third kappa shape index (κ3) is 2.45. The first kappa shape index (κ1) is 13.6. The van der Waals surface area contributed by atoms with Crippen molar-refractivity contribution >= 4 is 10.8 Å². The summed E-state index contributed by atoms with van der Waals surface area (Å²) in [6, 6.07) is 9.22. The number of fused-ring (bicyclic) bond motifs is 1. The molecule has 1 saturated carbocycles. The maximum Gasteiger partial charge on any atom is 0.0360 e. The van der Waals surface area contributed by atoms with Crippen molar-refractivity contribution in [3.63, 3.8) is 0 Å². The number of nitrogens with one attached hydrogen (secondary N) is 1. The molecule has 0 saturated heterocycles. The molecule has 0 spiro atoms. The predicted octanol–water partition coefficient (Wildman–Crippen LogP) is 4.32. The lowest BCUT2D eigenvalue weighted by Crippen LogP contribution is -2.25. The lowest BCUT2D eigenvalue weighted by molar-refractivity contribution is 0.418. The first-order chi connectivity index (χ1) is 9.63. The second-order valence-electron chi connectivity index (χ2n) is 6.68. The lowest BCUT2D eigenvalue weighted by atomic mass is 9.93. The molecule has 1 aromatic carbocycles. The molecule has 0 aliphatic heterocycles. The minimum Gasteiger partial charge on any atom is -0.310 e. The van der Waals surface area contributed by atoms with Crippen LogP contribution < -0.4 is 5.32 Å². The minimum absolute atomic E-state index is 0.469. The first-order valence-electron chi connectivity index (χ1n) is 7.69. The smallest absolute Gasteiger partial charge is 0.0360 e. The number of hydrogen-bond acceptors (Lipinski definition) is 2. The van der Waals surface area contributed by atoms with Gasteiger partial charge >= 0.3 is 0 Å². The zero-order chi connectivity index (χ0) is 14.2. The van der Waals surface area contributed by atoms with Crippen LogP contribution in [-0.4, -0.2) is 11.5 Å². The molecule has 20 heavy (non-hydrogen) atoms. The van der Waals surface area contributed by atoms with E-state index < -0.39 is 0 Å². The molecular weight excluding hydrogens is 244 g/mol. The van der Waals surface area contributed by atoms with Crippen LogP contribution in [0.15, 0.2) is 36.7 Å². The van der Waals surface area contributed by atoms with Crippen LogP contribution in [0, 0.1) is 11.3 Å². The highest BCUT2D eigenvalue weighted by Crippen LogP contribution is 2.58. The third-order valence-corrected chi connectivity index (χ3v) is 4.66. The molecule has 1 aliphatic rings. The summed E-state index contributed by atoms with van der Waals surface area (Å²) in [4.78, 5) is 4.24. The van der Waals surface area contributed by atoms with Gasteiger partial charge in [0.1, 0.15) is 0 Å². The van der Waals surface area contributed by atoms with E-state index in [1.54, 1.807) is 0 Å². The van der Waals surface area contributed by atoms with Gasteiger partial charge in [-0.1, -0.05) is 39.0 Å². The number of hydrogen-bond donors (Lipinski definition) is 1. The Hall–Kier alpha value is -1.41. The van der Waals surface area contributed by atoms with Crippen LogP contribution in [0.4, 0.5) is 0 Å². The standard InChI is InChI=1S/C18H24N2/c1-4-9-20-17(16-11-18(16,2)3)15-7-5-6-13-12-19-10-8-14(13)15/h5-8,10,12,16-17,20H,4,9,11H2,1-3H3. The molecule has 3 rings (SSSR count). The first-order valence-corrected chi connectivity index (χ1v) is 7.69. The van der Waals surface area contributed by atoms with Crippen molar-refractivity contribution in [2.45, 2.75) is 39.7 Å². The summed E-state index contributed by atoms with van der Waals surface area (Å²) in [5, 5.41) is 6.36. The highest BCUT2D eigenvalue weighted by atomic mass is 14.9. The fourth-order valence-electron chi connectivity index (χ4n) is 3.26. The van der Waals surface area contributed by atoms with Gasteiger partial charge in [0.25, 0.3) is 0 Å². The largest absolute Gasteiger partial charge is 0.310 e. The number of nitrogens with zero attached hydrogens (tertiary/aromatic N) is 1. The number of benzene rings is 1. The van der Waals surface area contributed by atoms with Crippen molar-refractivity contribution in [1.82, 2.24) is 10.3 Å². The summed E-state index contributed by atoms with van der Waals surface area (Å²) in [6.07, 6.45) is 6.36. The average molecular weight is 268 g/mol. The monoisotopic (exact) mass is 268 g/mol. The molecule has 2 nitrogen and oxygen atoms in total. The SMILES string of the molecule is CCCNC(c1cccc2cnccc12)C1CC1(C)C. The van der Waals surface area contributed by atoms with E-state index in [0.717, 1.165) is 12.5 Å². The summed E-state index contributed by atoms with van der Waals surface area (Å²) in [5.74, 6) is 0.743. The van der Waals surface area contributed by atoms with E-state index >= 15 is 0 Å². The molecule has 2 unspecified atom stereocenters. The van der Waals surface area contributed by atoms with E-state index in [1.165, 1.54) is 29.2 Å². The van der Waals surface area contributed by atoms with E-state index in [9.17, 15) is 0 Å². The minimum atomic E-state index is 0.469. The van der Waals surface area contributed by atoms with Gasteiger partial charge in [-0.3, -0.25) is 4.98 Å². The fraction of sp³-hybridized carbons (Fsp3) is 0.500. The number of rotatable bonds is 5. The number of aromatic nitrogens is 1. The van der Waals surface area contributed by atoms with Crippen LogP contribution in [-0.2, 0) is 0 Å². The van der Waals surface area contributed by atoms with E-state index in [1.807, 2.05) is 12.4 Å². The summed E-state index contributed by atoms with van der Waals surface area (Å²) in [7, 11) is 0. The lowest BCUT2D eigenvalue weighted by Gasteiger charge is -2.22. The van der Waals surface area contributed by atoms with Gasteiger partial charge in [-0.25, -0.2) is 0 Å². The van der Waals surface area contributed by atoms with Crippen LogP contribution in [0.25, 0.3) is 10.8 Å². The van der Waals surface area contributed by atoms with Gasteiger partial charge in [-0.05, 0) is 47.7 Å². The van der Waals surface area contributed by atoms with E-state index in [0.29, 0.717) is 11.5 Å². The Balaban J connectivity index is 2.00. The molecule has 2 aromatic rings. The summed E-state index contributed by atoms with van der Waals surface area (Å²) >= 11 is 0. The van der Waals surface area contributed by atoms with Crippen LogP contribution in [0.2, 0.25) is 0 Å². The third-order valence-electron chi connectivity index (χ3n) is 4.66. The Morgan fingerprint density at radius 3 is 2.85 bits per heavy atom. The van der Waals surface area contributed by atoms with E-state index in [4.69, 9.17) is 0 Å². The van der Waals surface area contributed by atoms with Gasteiger partial charge in [-0.15, -0.1) is 0 Å². The van der Waals surface area contributed by atoms with Crippen LogP contribution in [0.5, 0.6) is 0 Å². The van der Waals surface area contributed by atoms with Crippen molar-refractivity contribution in [3.8, 4) is 0 Å². The van der Waals surface area contributed by atoms with Gasteiger partial charge < -0.3 is 5.32 Å². The fourth-order valence-corrected chi connectivity index (χ4v) is 3.26. The molecule has 106 valence electrons. The molecule has 0 amide bonds. The van der Waals surface area contributed by atoms with Gasteiger partial charge in [0.2, 0.25) is 0 Å². The molecule has 1 aromatic heterocycles.